The monoisotopic (exact) mass is 328 g/mol. The standard InChI is InChI=1S/C16H16N4O2S/c1-2-14-19-15(20-22-14)11-5-7-12(8-6-11)18-16(21)17-10-13-4-3-9-23-13/h3-9H,2,10H2,1H3,(H2,17,18,21). The Bertz CT molecular complexity index is 766. The molecular weight excluding hydrogens is 312 g/mol. The number of anilines is 1. The van der Waals surface area contributed by atoms with Crippen molar-refractivity contribution in [2.24, 2.45) is 0 Å². The van der Waals surface area contributed by atoms with Gasteiger partial charge in [-0.1, -0.05) is 18.1 Å². The molecule has 0 aliphatic carbocycles. The van der Waals surface area contributed by atoms with E-state index >= 15 is 0 Å². The molecular formula is C16H16N4O2S. The van der Waals surface area contributed by atoms with E-state index in [-0.39, 0.29) is 6.03 Å². The third kappa shape index (κ3) is 3.95. The first-order valence-corrected chi connectivity index (χ1v) is 8.13. The van der Waals surface area contributed by atoms with Crippen LogP contribution in [-0.2, 0) is 13.0 Å². The number of benzene rings is 1. The van der Waals surface area contributed by atoms with Gasteiger partial charge in [0.1, 0.15) is 0 Å². The zero-order chi connectivity index (χ0) is 16.1. The number of thiophene rings is 1. The van der Waals surface area contributed by atoms with Crippen LogP contribution in [0.15, 0.2) is 46.3 Å². The van der Waals surface area contributed by atoms with Gasteiger partial charge in [0.2, 0.25) is 11.7 Å². The summed E-state index contributed by atoms with van der Waals surface area (Å²) in [6.45, 7) is 2.48. The van der Waals surface area contributed by atoms with E-state index in [0.29, 0.717) is 30.4 Å². The van der Waals surface area contributed by atoms with E-state index in [2.05, 4.69) is 20.8 Å². The topological polar surface area (TPSA) is 80.0 Å². The quantitative estimate of drug-likeness (QED) is 0.748. The molecule has 0 fully saturated rings. The van der Waals surface area contributed by atoms with Gasteiger partial charge in [-0.3, -0.25) is 0 Å². The number of nitrogens with zero attached hydrogens (tertiary/aromatic N) is 2. The second-order valence-electron chi connectivity index (χ2n) is 4.83. The van der Waals surface area contributed by atoms with E-state index in [1.54, 1.807) is 11.3 Å². The zero-order valence-corrected chi connectivity index (χ0v) is 13.4. The largest absolute Gasteiger partial charge is 0.339 e. The molecule has 2 aromatic heterocycles. The van der Waals surface area contributed by atoms with E-state index in [9.17, 15) is 4.79 Å². The van der Waals surface area contributed by atoms with Crippen LogP contribution in [0.2, 0.25) is 0 Å². The highest BCUT2D eigenvalue weighted by molar-refractivity contribution is 7.09. The average Bonchev–Trinajstić information content (AvgIpc) is 3.25. The Labute approximate surface area is 137 Å². The van der Waals surface area contributed by atoms with Crippen molar-refractivity contribution in [2.45, 2.75) is 19.9 Å². The van der Waals surface area contributed by atoms with Crippen LogP contribution < -0.4 is 10.6 Å². The van der Waals surface area contributed by atoms with Crippen LogP contribution in [0, 0.1) is 0 Å². The van der Waals surface area contributed by atoms with Gasteiger partial charge < -0.3 is 15.2 Å². The fourth-order valence-electron chi connectivity index (χ4n) is 1.97. The van der Waals surface area contributed by atoms with Crippen molar-refractivity contribution in [3.8, 4) is 11.4 Å². The van der Waals surface area contributed by atoms with Gasteiger partial charge in [-0.2, -0.15) is 4.98 Å². The SMILES string of the molecule is CCc1nc(-c2ccc(NC(=O)NCc3cccs3)cc2)no1. The minimum atomic E-state index is -0.237. The zero-order valence-electron chi connectivity index (χ0n) is 12.6. The maximum Gasteiger partial charge on any atom is 0.319 e. The lowest BCUT2D eigenvalue weighted by molar-refractivity contribution is 0.252. The van der Waals surface area contributed by atoms with Crippen LogP contribution in [0.5, 0.6) is 0 Å². The van der Waals surface area contributed by atoms with Crippen LogP contribution in [0.1, 0.15) is 17.7 Å². The van der Waals surface area contributed by atoms with E-state index in [4.69, 9.17) is 4.52 Å². The summed E-state index contributed by atoms with van der Waals surface area (Å²) < 4.78 is 5.09. The average molecular weight is 328 g/mol. The first-order valence-electron chi connectivity index (χ1n) is 7.25. The van der Waals surface area contributed by atoms with Crippen LogP contribution in [0.25, 0.3) is 11.4 Å². The lowest BCUT2D eigenvalue weighted by Crippen LogP contribution is -2.27. The van der Waals surface area contributed by atoms with Crippen molar-refractivity contribution in [1.82, 2.24) is 15.5 Å². The summed E-state index contributed by atoms with van der Waals surface area (Å²) in [5.41, 5.74) is 1.55. The van der Waals surface area contributed by atoms with Crippen LogP contribution in [-0.4, -0.2) is 16.2 Å². The summed E-state index contributed by atoms with van der Waals surface area (Å²) in [5.74, 6) is 1.16. The van der Waals surface area contributed by atoms with Crippen molar-refractivity contribution in [3.05, 3.63) is 52.5 Å². The number of aryl methyl sites for hydroxylation is 1. The second kappa shape index (κ2) is 7.06. The van der Waals surface area contributed by atoms with Gasteiger partial charge in [0.25, 0.3) is 0 Å². The number of hydrogen-bond acceptors (Lipinski definition) is 5. The molecule has 6 nitrogen and oxygen atoms in total. The van der Waals surface area contributed by atoms with Gasteiger partial charge in [-0.05, 0) is 35.7 Å². The first-order chi connectivity index (χ1) is 11.2. The summed E-state index contributed by atoms with van der Waals surface area (Å²) in [6, 6.07) is 11.0. The summed E-state index contributed by atoms with van der Waals surface area (Å²) in [4.78, 5) is 17.2. The van der Waals surface area contributed by atoms with Gasteiger partial charge >= 0.3 is 6.03 Å². The molecule has 0 aliphatic heterocycles. The van der Waals surface area contributed by atoms with Crippen molar-refractivity contribution in [2.75, 3.05) is 5.32 Å². The number of carbonyl (C=O) groups is 1. The molecule has 0 bridgehead atoms. The number of urea groups is 1. The predicted octanol–water partition coefficient (Wildman–Crippen LogP) is 3.68. The lowest BCUT2D eigenvalue weighted by atomic mass is 10.2. The highest BCUT2D eigenvalue weighted by Crippen LogP contribution is 2.19. The third-order valence-electron chi connectivity index (χ3n) is 3.17. The molecule has 0 saturated heterocycles. The van der Waals surface area contributed by atoms with Crippen molar-refractivity contribution >= 4 is 23.1 Å². The van der Waals surface area contributed by atoms with E-state index in [1.165, 1.54) is 0 Å². The Balaban J connectivity index is 1.57. The third-order valence-corrected chi connectivity index (χ3v) is 4.05. The molecule has 0 spiro atoms. The van der Waals surface area contributed by atoms with Crippen molar-refractivity contribution < 1.29 is 9.32 Å². The van der Waals surface area contributed by atoms with Crippen molar-refractivity contribution in [3.63, 3.8) is 0 Å². The summed E-state index contributed by atoms with van der Waals surface area (Å²) in [6.07, 6.45) is 0.705. The summed E-state index contributed by atoms with van der Waals surface area (Å²) in [5, 5.41) is 11.5. The second-order valence-corrected chi connectivity index (χ2v) is 5.86. The number of carbonyl (C=O) groups excluding carboxylic acids is 1. The molecule has 23 heavy (non-hydrogen) atoms. The number of rotatable bonds is 5. The van der Waals surface area contributed by atoms with E-state index < -0.39 is 0 Å². The van der Waals surface area contributed by atoms with Crippen LogP contribution in [0.3, 0.4) is 0 Å². The molecule has 3 rings (SSSR count). The number of aromatic nitrogens is 2. The molecule has 2 heterocycles. The molecule has 0 atom stereocenters. The smallest absolute Gasteiger partial charge is 0.319 e. The van der Waals surface area contributed by atoms with E-state index in [1.807, 2.05) is 48.7 Å². The fraction of sp³-hybridized carbons (Fsp3) is 0.188. The van der Waals surface area contributed by atoms with E-state index in [0.717, 1.165) is 10.4 Å². The first kappa shape index (κ1) is 15.2. The Kier molecular flexibility index (Phi) is 4.68. The van der Waals surface area contributed by atoms with Gasteiger partial charge in [-0.15, -0.1) is 11.3 Å². The molecule has 0 radical (unpaired) electrons. The minimum absolute atomic E-state index is 0.237. The predicted molar refractivity (Wildman–Crippen MR) is 89.3 cm³/mol. The molecule has 3 aromatic rings. The van der Waals surface area contributed by atoms with Gasteiger partial charge in [0.15, 0.2) is 0 Å². The lowest BCUT2D eigenvalue weighted by Gasteiger charge is -2.07. The fourth-order valence-corrected chi connectivity index (χ4v) is 2.62. The Morgan fingerprint density at radius 1 is 1.26 bits per heavy atom. The molecule has 7 heteroatoms. The normalized spacial score (nSPS) is 10.5. The highest BCUT2D eigenvalue weighted by atomic mass is 32.1. The van der Waals surface area contributed by atoms with Gasteiger partial charge in [-0.25, -0.2) is 4.79 Å². The molecule has 0 unspecified atom stereocenters. The molecule has 2 amide bonds. The maximum atomic E-state index is 11.8. The number of amides is 2. The molecule has 0 saturated carbocycles. The number of nitrogens with one attached hydrogen (secondary N) is 2. The van der Waals surface area contributed by atoms with Gasteiger partial charge in [0, 0.05) is 22.5 Å². The number of hydrogen-bond donors (Lipinski definition) is 2. The molecule has 118 valence electrons. The van der Waals surface area contributed by atoms with Crippen LogP contribution >= 0.6 is 11.3 Å². The minimum Gasteiger partial charge on any atom is -0.339 e. The Morgan fingerprint density at radius 3 is 2.74 bits per heavy atom. The molecule has 0 aliphatic rings. The van der Waals surface area contributed by atoms with Gasteiger partial charge in [0.05, 0.1) is 6.54 Å². The van der Waals surface area contributed by atoms with Crippen molar-refractivity contribution in [1.29, 1.82) is 0 Å². The highest BCUT2D eigenvalue weighted by Gasteiger charge is 2.08. The Hall–Kier alpha value is -2.67. The Morgan fingerprint density at radius 2 is 2.09 bits per heavy atom. The summed E-state index contributed by atoms with van der Waals surface area (Å²) in [7, 11) is 0. The summed E-state index contributed by atoms with van der Waals surface area (Å²) >= 11 is 1.61. The van der Waals surface area contributed by atoms with Crippen LogP contribution in [0.4, 0.5) is 10.5 Å². The maximum absolute atomic E-state index is 11.8. The molecule has 1 aromatic carbocycles. The molecule has 2 N–H and O–H groups in total.